The monoisotopic (exact) mass is 394 g/mol. The molecular weight excluding hydrogens is 380 g/mol. The van der Waals surface area contributed by atoms with Gasteiger partial charge in [0, 0.05) is 28.1 Å². The fraction of sp³-hybridized carbons (Fsp3) is 0.188. The van der Waals surface area contributed by atoms with Crippen LogP contribution in [-0.4, -0.2) is 28.0 Å². The highest BCUT2D eigenvalue weighted by Crippen LogP contribution is 2.32. The van der Waals surface area contributed by atoms with Gasteiger partial charge in [-0.1, -0.05) is 46.8 Å². The molecule has 1 N–H and O–H groups in total. The van der Waals surface area contributed by atoms with Crippen LogP contribution < -0.4 is 5.32 Å². The van der Waals surface area contributed by atoms with Crippen molar-refractivity contribution in [2.45, 2.75) is 15.0 Å². The molecule has 0 aliphatic heterocycles. The Morgan fingerprint density at radius 3 is 3.00 bits per heavy atom. The SMILES string of the molecule is C=CCNc1nnc(SCc2cc3ccc(SC)cc3nc2Cl)s1. The van der Waals surface area contributed by atoms with E-state index >= 15 is 0 Å². The first kappa shape index (κ1) is 17.5. The van der Waals surface area contributed by atoms with Crippen LogP contribution in [0.25, 0.3) is 10.9 Å². The summed E-state index contributed by atoms with van der Waals surface area (Å²) < 4.78 is 0.899. The molecule has 4 nitrogen and oxygen atoms in total. The molecule has 0 unspecified atom stereocenters. The molecule has 8 heteroatoms. The summed E-state index contributed by atoms with van der Waals surface area (Å²) in [7, 11) is 0. The summed E-state index contributed by atoms with van der Waals surface area (Å²) in [5.74, 6) is 0.710. The van der Waals surface area contributed by atoms with Gasteiger partial charge in [0.25, 0.3) is 0 Å². The lowest BCUT2D eigenvalue weighted by Crippen LogP contribution is -1.96. The van der Waals surface area contributed by atoms with Gasteiger partial charge in [-0.2, -0.15) is 0 Å². The lowest BCUT2D eigenvalue weighted by Gasteiger charge is -2.06. The molecule has 0 aliphatic carbocycles. The van der Waals surface area contributed by atoms with Crippen LogP contribution in [0.1, 0.15) is 5.56 Å². The second-order valence-corrected chi connectivity index (χ2v) is 8.27. The number of pyridine rings is 1. The first-order valence-corrected chi connectivity index (χ1v) is 10.5. The Labute approximate surface area is 158 Å². The fourth-order valence-electron chi connectivity index (χ4n) is 2.03. The largest absolute Gasteiger partial charge is 0.357 e. The Morgan fingerprint density at radius 2 is 2.21 bits per heavy atom. The molecule has 0 saturated carbocycles. The molecule has 2 heterocycles. The van der Waals surface area contributed by atoms with E-state index in [1.54, 1.807) is 29.6 Å². The highest BCUT2D eigenvalue weighted by Gasteiger charge is 2.09. The van der Waals surface area contributed by atoms with Gasteiger partial charge >= 0.3 is 0 Å². The maximum absolute atomic E-state index is 6.35. The summed E-state index contributed by atoms with van der Waals surface area (Å²) in [5, 5.41) is 13.8. The third-order valence-electron chi connectivity index (χ3n) is 3.21. The third-order valence-corrected chi connectivity index (χ3v) is 6.32. The zero-order valence-corrected chi connectivity index (χ0v) is 16.2. The zero-order valence-electron chi connectivity index (χ0n) is 13.0. The van der Waals surface area contributed by atoms with E-state index in [4.69, 9.17) is 11.6 Å². The molecule has 0 spiro atoms. The van der Waals surface area contributed by atoms with E-state index in [0.717, 1.165) is 25.9 Å². The number of fused-ring (bicyclic) bond motifs is 1. The quantitative estimate of drug-likeness (QED) is 0.331. The second kappa shape index (κ2) is 8.20. The average molecular weight is 395 g/mol. The summed E-state index contributed by atoms with van der Waals surface area (Å²) in [4.78, 5) is 5.71. The van der Waals surface area contributed by atoms with Crippen molar-refractivity contribution >= 4 is 62.5 Å². The van der Waals surface area contributed by atoms with E-state index in [2.05, 4.69) is 51.3 Å². The fourth-order valence-corrected chi connectivity index (χ4v) is 4.49. The van der Waals surface area contributed by atoms with Crippen molar-refractivity contribution in [2.75, 3.05) is 18.1 Å². The van der Waals surface area contributed by atoms with Crippen LogP contribution in [0.4, 0.5) is 5.13 Å². The van der Waals surface area contributed by atoms with E-state index in [0.29, 0.717) is 17.5 Å². The number of hydrogen-bond acceptors (Lipinski definition) is 7. The Kier molecular flexibility index (Phi) is 5.99. The van der Waals surface area contributed by atoms with Crippen molar-refractivity contribution in [3.05, 3.63) is 47.6 Å². The Balaban J connectivity index is 1.73. The van der Waals surface area contributed by atoms with Crippen LogP contribution >= 0.6 is 46.5 Å². The Bertz CT molecular complexity index is 866. The second-order valence-electron chi connectivity index (χ2n) is 4.83. The molecule has 124 valence electrons. The van der Waals surface area contributed by atoms with Gasteiger partial charge in [-0.05, 0) is 24.5 Å². The molecule has 3 aromatic rings. The third kappa shape index (κ3) is 4.22. The molecule has 0 aliphatic rings. The number of rotatable bonds is 7. The van der Waals surface area contributed by atoms with Crippen molar-refractivity contribution in [2.24, 2.45) is 0 Å². The molecule has 3 rings (SSSR count). The average Bonchev–Trinajstić information content (AvgIpc) is 3.05. The molecular formula is C16H15ClN4S3. The molecule has 1 aromatic carbocycles. The minimum absolute atomic E-state index is 0.544. The minimum atomic E-state index is 0.544. The van der Waals surface area contributed by atoms with E-state index in [-0.39, 0.29) is 0 Å². The van der Waals surface area contributed by atoms with E-state index in [1.807, 2.05) is 6.26 Å². The number of benzene rings is 1. The van der Waals surface area contributed by atoms with Crippen molar-refractivity contribution in [3.63, 3.8) is 0 Å². The van der Waals surface area contributed by atoms with E-state index < -0.39 is 0 Å². The molecule has 2 aromatic heterocycles. The summed E-state index contributed by atoms with van der Waals surface area (Å²) in [6, 6.07) is 8.34. The van der Waals surface area contributed by atoms with Crippen LogP contribution in [-0.2, 0) is 5.75 Å². The lowest BCUT2D eigenvalue weighted by atomic mass is 10.2. The van der Waals surface area contributed by atoms with Crippen LogP contribution in [0.3, 0.4) is 0 Å². The van der Waals surface area contributed by atoms with Crippen molar-refractivity contribution in [3.8, 4) is 0 Å². The van der Waals surface area contributed by atoms with Crippen LogP contribution in [0.5, 0.6) is 0 Å². The smallest absolute Gasteiger partial charge is 0.206 e. The molecule has 0 fully saturated rings. The van der Waals surface area contributed by atoms with Crippen LogP contribution in [0.15, 0.2) is 46.2 Å². The predicted molar refractivity (Wildman–Crippen MR) is 107 cm³/mol. The molecule has 0 radical (unpaired) electrons. The van der Waals surface area contributed by atoms with Gasteiger partial charge in [-0.15, -0.1) is 28.5 Å². The lowest BCUT2D eigenvalue weighted by molar-refractivity contribution is 1.01. The van der Waals surface area contributed by atoms with Gasteiger partial charge in [-0.25, -0.2) is 4.98 Å². The minimum Gasteiger partial charge on any atom is -0.357 e. The van der Waals surface area contributed by atoms with Gasteiger partial charge in [-0.3, -0.25) is 0 Å². The van der Waals surface area contributed by atoms with Crippen molar-refractivity contribution in [1.29, 1.82) is 0 Å². The first-order chi connectivity index (χ1) is 11.7. The predicted octanol–water partition coefficient (Wildman–Crippen LogP) is 5.35. The van der Waals surface area contributed by atoms with Crippen molar-refractivity contribution < 1.29 is 0 Å². The highest BCUT2D eigenvalue weighted by molar-refractivity contribution is 8.00. The van der Waals surface area contributed by atoms with Gasteiger partial charge < -0.3 is 5.32 Å². The van der Waals surface area contributed by atoms with Gasteiger partial charge in [0.1, 0.15) is 5.15 Å². The number of nitrogens with zero attached hydrogens (tertiary/aromatic N) is 3. The van der Waals surface area contributed by atoms with Crippen LogP contribution in [0, 0.1) is 0 Å². The van der Waals surface area contributed by atoms with E-state index in [9.17, 15) is 0 Å². The number of halogens is 1. The summed E-state index contributed by atoms with van der Waals surface area (Å²) in [6.45, 7) is 4.35. The highest BCUT2D eigenvalue weighted by atomic mass is 35.5. The Morgan fingerprint density at radius 1 is 1.33 bits per heavy atom. The van der Waals surface area contributed by atoms with Crippen LogP contribution in [0.2, 0.25) is 5.15 Å². The maximum atomic E-state index is 6.35. The number of thioether (sulfide) groups is 2. The Hall–Kier alpha value is -1.28. The van der Waals surface area contributed by atoms with Gasteiger partial charge in [0.2, 0.25) is 5.13 Å². The summed E-state index contributed by atoms with van der Waals surface area (Å²) in [6.07, 6.45) is 3.84. The van der Waals surface area contributed by atoms with Gasteiger partial charge in [0.05, 0.1) is 5.52 Å². The number of nitrogens with one attached hydrogen (secondary N) is 1. The molecule has 0 atom stereocenters. The first-order valence-electron chi connectivity index (χ1n) is 7.14. The molecule has 24 heavy (non-hydrogen) atoms. The molecule has 0 bridgehead atoms. The maximum Gasteiger partial charge on any atom is 0.206 e. The topological polar surface area (TPSA) is 50.7 Å². The summed E-state index contributed by atoms with van der Waals surface area (Å²) in [5.41, 5.74) is 1.93. The number of aromatic nitrogens is 3. The van der Waals surface area contributed by atoms with Crippen molar-refractivity contribution in [1.82, 2.24) is 15.2 Å². The number of anilines is 1. The summed E-state index contributed by atoms with van der Waals surface area (Å²) >= 11 is 11.2. The standard InChI is InChI=1S/C16H15ClN4S3/c1-3-6-18-15-20-21-16(24-15)23-9-11-7-10-4-5-12(22-2)8-13(10)19-14(11)17/h3-5,7-8H,1,6,9H2,2H3,(H,18,20). The number of hydrogen-bond donors (Lipinski definition) is 1. The normalized spacial score (nSPS) is 10.9. The van der Waals surface area contributed by atoms with E-state index in [1.165, 1.54) is 16.2 Å². The van der Waals surface area contributed by atoms with Gasteiger partial charge in [0.15, 0.2) is 4.34 Å². The zero-order chi connectivity index (χ0) is 16.9. The molecule has 0 amide bonds. The molecule has 0 saturated heterocycles.